The molecule has 0 aliphatic carbocycles. The number of nitrogens with one attached hydrogen (secondary N) is 2. The maximum Gasteiger partial charge on any atom is 0.251 e. The number of halogens is 1. The molecule has 1 aliphatic heterocycles. The van der Waals surface area contributed by atoms with E-state index in [0.29, 0.717) is 18.7 Å². The molecule has 0 bridgehead atoms. The highest BCUT2D eigenvalue weighted by Gasteiger charge is 2.16. The number of rotatable bonds is 3. The molecule has 1 heterocycles. The van der Waals surface area contributed by atoms with Gasteiger partial charge in [-0.3, -0.25) is 9.59 Å². The molecule has 0 unspecified atom stereocenters. The van der Waals surface area contributed by atoms with Crippen LogP contribution in [0.2, 0.25) is 0 Å². The van der Waals surface area contributed by atoms with Crippen LogP contribution < -0.4 is 10.6 Å². The third kappa shape index (κ3) is 3.75. The third-order valence-electron chi connectivity index (χ3n) is 2.98. The fourth-order valence-electron chi connectivity index (χ4n) is 1.89. The van der Waals surface area contributed by atoms with Crippen molar-refractivity contribution in [1.29, 1.82) is 0 Å². The standard InChI is InChI=1S/C13H16FN3O2/c14-11-3-1-10(2-4-11)13(19)16-9-12(18)17-7-5-15-6-8-17/h1-4,15H,5-9H2,(H,16,19). The summed E-state index contributed by atoms with van der Waals surface area (Å²) in [6.07, 6.45) is 0. The van der Waals surface area contributed by atoms with Gasteiger partial charge in [-0.15, -0.1) is 0 Å². The molecule has 2 rings (SSSR count). The Balaban J connectivity index is 1.82. The van der Waals surface area contributed by atoms with Gasteiger partial charge in [0.25, 0.3) is 5.91 Å². The Morgan fingerprint density at radius 2 is 1.84 bits per heavy atom. The van der Waals surface area contributed by atoms with Gasteiger partial charge in [0, 0.05) is 31.7 Å². The minimum absolute atomic E-state index is 0.0315. The first-order valence-electron chi connectivity index (χ1n) is 6.19. The Hall–Kier alpha value is -1.95. The summed E-state index contributed by atoms with van der Waals surface area (Å²) in [6, 6.07) is 5.21. The van der Waals surface area contributed by atoms with E-state index in [1.807, 2.05) is 0 Å². The number of nitrogens with zero attached hydrogens (tertiary/aromatic N) is 1. The third-order valence-corrected chi connectivity index (χ3v) is 2.98. The fourth-order valence-corrected chi connectivity index (χ4v) is 1.89. The topological polar surface area (TPSA) is 61.4 Å². The zero-order valence-corrected chi connectivity index (χ0v) is 10.5. The number of hydrogen-bond donors (Lipinski definition) is 2. The minimum atomic E-state index is -0.395. The van der Waals surface area contributed by atoms with E-state index in [4.69, 9.17) is 0 Å². The van der Waals surface area contributed by atoms with Gasteiger partial charge in [0.1, 0.15) is 5.82 Å². The van der Waals surface area contributed by atoms with E-state index in [0.717, 1.165) is 13.1 Å². The van der Waals surface area contributed by atoms with Gasteiger partial charge in [-0.05, 0) is 24.3 Å². The Morgan fingerprint density at radius 1 is 1.21 bits per heavy atom. The van der Waals surface area contributed by atoms with Gasteiger partial charge in [-0.1, -0.05) is 0 Å². The lowest BCUT2D eigenvalue weighted by molar-refractivity contribution is -0.130. The number of hydrogen-bond acceptors (Lipinski definition) is 3. The molecule has 2 amide bonds. The average Bonchev–Trinajstić information content (AvgIpc) is 2.46. The molecule has 1 saturated heterocycles. The highest BCUT2D eigenvalue weighted by Crippen LogP contribution is 2.02. The van der Waals surface area contributed by atoms with Gasteiger partial charge in [-0.25, -0.2) is 4.39 Å². The van der Waals surface area contributed by atoms with Gasteiger partial charge in [0.05, 0.1) is 6.54 Å². The predicted octanol–water partition coefficient (Wildman–Crippen LogP) is -0.0127. The fraction of sp³-hybridized carbons (Fsp3) is 0.385. The first-order chi connectivity index (χ1) is 9.16. The maximum absolute atomic E-state index is 12.7. The van der Waals surface area contributed by atoms with Gasteiger partial charge >= 0.3 is 0 Å². The van der Waals surface area contributed by atoms with Crippen LogP contribution in [0.4, 0.5) is 4.39 Å². The summed E-state index contributed by atoms with van der Waals surface area (Å²) >= 11 is 0. The lowest BCUT2D eigenvalue weighted by Gasteiger charge is -2.27. The molecule has 0 spiro atoms. The van der Waals surface area contributed by atoms with Crippen molar-refractivity contribution in [3.63, 3.8) is 0 Å². The first-order valence-corrected chi connectivity index (χ1v) is 6.19. The van der Waals surface area contributed by atoms with E-state index in [9.17, 15) is 14.0 Å². The van der Waals surface area contributed by atoms with Crippen LogP contribution in [0.25, 0.3) is 0 Å². The quantitative estimate of drug-likeness (QED) is 0.808. The normalized spacial score (nSPS) is 15.1. The number of amides is 2. The Labute approximate surface area is 110 Å². The molecular weight excluding hydrogens is 249 g/mol. The van der Waals surface area contributed by atoms with Crippen molar-refractivity contribution in [2.24, 2.45) is 0 Å². The van der Waals surface area contributed by atoms with Crippen LogP contribution in [0, 0.1) is 5.82 Å². The minimum Gasteiger partial charge on any atom is -0.343 e. The van der Waals surface area contributed by atoms with E-state index in [1.165, 1.54) is 24.3 Å². The summed E-state index contributed by atoms with van der Waals surface area (Å²) in [5.74, 6) is -0.867. The lowest BCUT2D eigenvalue weighted by Crippen LogP contribution is -2.49. The van der Waals surface area contributed by atoms with Crippen LogP contribution in [0.15, 0.2) is 24.3 Å². The number of carbonyl (C=O) groups excluding carboxylic acids is 2. The zero-order chi connectivity index (χ0) is 13.7. The number of carbonyl (C=O) groups is 2. The molecule has 19 heavy (non-hydrogen) atoms. The highest BCUT2D eigenvalue weighted by molar-refractivity contribution is 5.96. The van der Waals surface area contributed by atoms with Crippen LogP contribution in [0.1, 0.15) is 10.4 Å². The zero-order valence-electron chi connectivity index (χ0n) is 10.5. The van der Waals surface area contributed by atoms with Gasteiger partial charge < -0.3 is 15.5 Å². The monoisotopic (exact) mass is 265 g/mol. The van der Waals surface area contributed by atoms with Crippen LogP contribution in [-0.4, -0.2) is 49.4 Å². The summed E-state index contributed by atoms with van der Waals surface area (Å²) in [4.78, 5) is 25.2. The Kier molecular flexibility index (Phi) is 4.46. The molecule has 0 radical (unpaired) electrons. The summed E-state index contributed by atoms with van der Waals surface area (Å²) in [5.41, 5.74) is 0.342. The first kappa shape index (κ1) is 13.5. The van der Waals surface area contributed by atoms with Crippen molar-refractivity contribution in [2.45, 2.75) is 0 Å². The molecule has 1 aromatic carbocycles. The highest BCUT2D eigenvalue weighted by atomic mass is 19.1. The van der Waals surface area contributed by atoms with Crippen molar-refractivity contribution < 1.29 is 14.0 Å². The molecule has 102 valence electrons. The molecule has 0 aromatic heterocycles. The molecule has 0 saturated carbocycles. The van der Waals surface area contributed by atoms with E-state index in [2.05, 4.69) is 10.6 Å². The molecule has 0 atom stereocenters. The Morgan fingerprint density at radius 3 is 2.47 bits per heavy atom. The van der Waals surface area contributed by atoms with Crippen molar-refractivity contribution in [2.75, 3.05) is 32.7 Å². The second kappa shape index (κ2) is 6.29. The summed E-state index contributed by atoms with van der Waals surface area (Å²) in [7, 11) is 0. The summed E-state index contributed by atoms with van der Waals surface area (Å²) < 4.78 is 12.7. The number of benzene rings is 1. The molecule has 6 heteroatoms. The molecule has 2 N–H and O–H groups in total. The van der Waals surface area contributed by atoms with E-state index in [1.54, 1.807) is 4.90 Å². The van der Waals surface area contributed by atoms with Crippen LogP contribution >= 0.6 is 0 Å². The van der Waals surface area contributed by atoms with Gasteiger partial charge in [-0.2, -0.15) is 0 Å². The van der Waals surface area contributed by atoms with E-state index in [-0.39, 0.29) is 18.4 Å². The van der Waals surface area contributed by atoms with Crippen molar-refractivity contribution in [3.8, 4) is 0 Å². The lowest BCUT2D eigenvalue weighted by atomic mass is 10.2. The second-order valence-corrected chi connectivity index (χ2v) is 4.32. The van der Waals surface area contributed by atoms with Crippen LogP contribution in [0.5, 0.6) is 0 Å². The predicted molar refractivity (Wildman–Crippen MR) is 68.2 cm³/mol. The van der Waals surface area contributed by atoms with Crippen molar-refractivity contribution in [3.05, 3.63) is 35.6 Å². The largest absolute Gasteiger partial charge is 0.343 e. The molecular formula is C13H16FN3O2. The van der Waals surface area contributed by atoms with Crippen LogP contribution in [0.3, 0.4) is 0 Å². The molecule has 1 fully saturated rings. The SMILES string of the molecule is O=C(NCC(=O)N1CCNCC1)c1ccc(F)cc1. The number of piperazine rings is 1. The maximum atomic E-state index is 12.7. The molecule has 1 aromatic rings. The van der Waals surface area contributed by atoms with E-state index < -0.39 is 5.82 Å². The summed E-state index contributed by atoms with van der Waals surface area (Å²) in [5, 5.41) is 5.69. The van der Waals surface area contributed by atoms with Crippen molar-refractivity contribution >= 4 is 11.8 Å². The van der Waals surface area contributed by atoms with Gasteiger partial charge in [0.2, 0.25) is 5.91 Å². The summed E-state index contributed by atoms with van der Waals surface area (Å²) in [6.45, 7) is 2.84. The second-order valence-electron chi connectivity index (χ2n) is 4.32. The molecule has 5 nitrogen and oxygen atoms in total. The van der Waals surface area contributed by atoms with Crippen molar-refractivity contribution in [1.82, 2.24) is 15.5 Å². The molecule has 1 aliphatic rings. The van der Waals surface area contributed by atoms with Crippen LogP contribution in [-0.2, 0) is 4.79 Å². The van der Waals surface area contributed by atoms with Gasteiger partial charge in [0.15, 0.2) is 0 Å². The van der Waals surface area contributed by atoms with E-state index >= 15 is 0 Å². The smallest absolute Gasteiger partial charge is 0.251 e. The Bertz CT molecular complexity index is 455. The average molecular weight is 265 g/mol.